The highest BCUT2D eigenvalue weighted by Gasteiger charge is 2.21. The van der Waals surface area contributed by atoms with Crippen molar-refractivity contribution in [2.24, 2.45) is 0 Å². The van der Waals surface area contributed by atoms with Gasteiger partial charge in [0.1, 0.15) is 0 Å². The van der Waals surface area contributed by atoms with Gasteiger partial charge in [-0.05, 0) is 29.7 Å². The van der Waals surface area contributed by atoms with Crippen LogP contribution in [0.5, 0.6) is 0 Å². The lowest BCUT2D eigenvalue weighted by Crippen LogP contribution is -2.24. The molecule has 19 heavy (non-hydrogen) atoms. The Bertz CT molecular complexity index is 577. The first-order chi connectivity index (χ1) is 9.26. The van der Waals surface area contributed by atoms with Gasteiger partial charge in [0, 0.05) is 18.0 Å². The molecule has 0 unspecified atom stereocenters. The SMILES string of the molecule is CCc1ccc(C(=O)CN2Cc3ccccc3C2)s1. The van der Waals surface area contributed by atoms with E-state index in [4.69, 9.17) is 0 Å². The van der Waals surface area contributed by atoms with Crippen LogP contribution in [0, 0.1) is 0 Å². The molecule has 1 aliphatic rings. The molecule has 0 saturated carbocycles. The molecule has 0 saturated heterocycles. The third-order valence-electron chi connectivity index (χ3n) is 3.56. The minimum absolute atomic E-state index is 0.248. The standard InChI is InChI=1S/C16H17NOS/c1-2-14-7-8-16(19-14)15(18)11-17-9-12-5-3-4-6-13(12)10-17/h3-8H,2,9-11H2,1H3. The van der Waals surface area contributed by atoms with Gasteiger partial charge in [0.2, 0.25) is 0 Å². The summed E-state index contributed by atoms with van der Waals surface area (Å²) in [5.41, 5.74) is 2.71. The lowest BCUT2D eigenvalue weighted by molar-refractivity contribution is 0.0933. The molecule has 1 aromatic heterocycles. The second-order valence-corrected chi connectivity index (χ2v) is 6.12. The summed E-state index contributed by atoms with van der Waals surface area (Å²) < 4.78 is 0. The molecule has 0 radical (unpaired) electrons. The minimum atomic E-state index is 0.248. The fraction of sp³-hybridized carbons (Fsp3) is 0.312. The normalized spacial score (nSPS) is 14.6. The monoisotopic (exact) mass is 271 g/mol. The smallest absolute Gasteiger partial charge is 0.186 e. The molecule has 0 bridgehead atoms. The average molecular weight is 271 g/mol. The second-order valence-electron chi connectivity index (χ2n) is 4.96. The number of carbonyl (C=O) groups is 1. The molecule has 2 nitrogen and oxygen atoms in total. The van der Waals surface area contributed by atoms with Crippen LogP contribution in [0.25, 0.3) is 0 Å². The fourth-order valence-corrected chi connectivity index (χ4v) is 3.39. The van der Waals surface area contributed by atoms with Gasteiger partial charge in [-0.15, -0.1) is 11.3 Å². The molecular formula is C16H17NOS. The predicted octanol–water partition coefficient (Wildman–Crippen LogP) is 3.51. The molecule has 0 atom stereocenters. The van der Waals surface area contributed by atoms with E-state index in [1.807, 2.05) is 6.07 Å². The molecule has 0 aliphatic carbocycles. The van der Waals surface area contributed by atoms with Gasteiger partial charge in [0.25, 0.3) is 0 Å². The zero-order chi connectivity index (χ0) is 13.2. The first-order valence-electron chi connectivity index (χ1n) is 6.67. The summed E-state index contributed by atoms with van der Waals surface area (Å²) in [6.07, 6.45) is 1.01. The average Bonchev–Trinajstić information content (AvgIpc) is 3.04. The van der Waals surface area contributed by atoms with Gasteiger partial charge >= 0.3 is 0 Å². The molecule has 3 heteroatoms. The third-order valence-corrected chi connectivity index (χ3v) is 4.83. The van der Waals surface area contributed by atoms with Crippen LogP contribution in [0.3, 0.4) is 0 Å². The lowest BCUT2D eigenvalue weighted by atomic mass is 10.1. The van der Waals surface area contributed by atoms with Crippen LogP contribution in [0.15, 0.2) is 36.4 Å². The summed E-state index contributed by atoms with van der Waals surface area (Å²) in [4.78, 5) is 16.7. The largest absolute Gasteiger partial charge is 0.292 e. The molecule has 0 fully saturated rings. The molecule has 0 amide bonds. The van der Waals surface area contributed by atoms with Crippen molar-refractivity contribution in [3.05, 3.63) is 57.3 Å². The van der Waals surface area contributed by atoms with Gasteiger partial charge in [0.15, 0.2) is 5.78 Å². The van der Waals surface area contributed by atoms with Crippen molar-refractivity contribution in [3.63, 3.8) is 0 Å². The first-order valence-corrected chi connectivity index (χ1v) is 7.49. The number of Topliss-reactive ketones (excluding diaryl/α,β-unsaturated/α-hetero) is 1. The molecule has 2 aromatic rings. The minimum Gasteiger partial charge on any atom is -0.292 e. The van der Waals surface area contributed by atoms with Crippen LogP contribution in [-0.4, -0.2) is 17.2 Å². The highest BCUT2D eigenvalue weighted by atomic mass is 32.1. The van der Waals surface area contributed by atoms with Crippen molar-refractivity contribution in [1.82, 2.24) is 4.90 Å². The zero-order valence-corrected chi connectivity index (χ0v) is 11.9. The van der Waals surface area contributed by atoms with Crippen LogP contribution in [0.2, 0.25) is 0 Å². The van der Waals surface area contributed by atoms with Crippen LogP contribution >= 0.6 is 11.3 Å². The van der Waals surface area contributed by atoms with Crippen molar-refractivity contribution in [2.75, 3.05) is 6.54 Å². The third kappa shape index (κ3) is 2.62. The number of carbonyl (C=O) groups excluding carboxylic acids is 1. The maximum absolute atomic E-state index is 12.2. The molecular weight excluding hydrogens is 254 g/mol. The van der Waals surface area contributed by atoms with Gasteiger partial charge in [-0.25, -0.2) is 0 Å². The van der Waals surface area contributed by atoms with Crippen LogP contribution in [0.4, 0.5) is 0 Å². The van der Waals surface area contributed by atoms with E-state index in [2.05, 4.69) is 42.2 Å². The van der Waals surface area contributed by atoms with Crippen molar-refractivity contribution < 1.29 is 4.79 Å². The topological polar surface area (TPSA) is 20.3 Å². The lowest BCUT2D eigenvalue weighted by Gasteiger charge is -2.12. The van der Waals surface area contributed by atoms with E-state index >= 15 is 0 Å². The number of benzene rings is 1. The van der Waals surface area contributed by atoms with Crippen molar-refractivity contribution in [1.29, 1.82) is 0 Å². The fourth-order valence-electron chi connectivity index (χ4n) is 2.51. The van der Waals surface area contributed by atoms with E-state index in [1.165, 1.54) is 16.0 Å². The maximum atomic E-state index is 12.2. The molecule has 0 spiro atoms. The van der Waals surface area contributed by atoms with Crippen molar-refractivity contribution in [3.8, 4) is 0 Å². The molecule has 0 N–H and O–H groups in total. The van der Waals surface area contributed by atoms with E-state index in [1.54, 1.807) is 11.3 Å². The number of rotatable bonds is 4. The van der Waals surface area contributed by atoms with Gasteiger partial charge in [0.05, 0.1) is 11.4 Å². The zero-order valence-electron chi connectivity index (χ0n) is 11.1. The van der Waals surface area contributed by atoms with E-state index in [-0.39, 0.29) is 5.78 Å². The second kappa shape index (κ2) is 5.27. The molecule has 3 rings (SSSR count). The first kappa shape index (κ1) is 12.6. The quantitative estimate of drug-likeness (QED) is 0.793. The van der Waals surface area contributed by atoms with Crippen molar-refractivity contribution in [2.45, 2.75) is 26.4 Å². The number of hydrogen-bond donors (Lipinski definition) is 0. The highest BCUT2D eigenvalue weighted by Crippen LogP contribution is 2.23. The summed E-state index contributed by atoms with van der Waals surface area (Å²) in [7, 11) is 0. The summed E-state index contributed by atoms with van der Waals surface area (Å²) in [5, 5.41) is 0. The van der Waals surface area contributed by atoms with Crippen LogP contribution in [0.1, 0.15) is 32.6 Å². The number of nitrogens with zero attached hydrogens (tertiary/aromatic N) is 1. The van der Waals surface area contributed by atoms with E-state index in [0.717, 1.165) is 24.4 Å². The van der Waals surface area contributed by atoms with E-state index < -0.39 is 0 Å². The summed E-state index contributed by atoms with van der Waals surface area (Å²) >= 11 is 1.63. The number of ketones is 1. The Morgan fingerprint density at radius 1 is 1.16 bits per heavy atom. The summed E-state index contributed by atoms with van der Waals surface area (Å²) in [6, 6.07) is 12.5. The molecule has 1 aromatic carbocycles. The predicted molar refractivity (Wildman–Crippen MR) is 78.6 cm³/mol. The number of hydrogen-bond acceptors (Lipinski definition) is 3. The molecule has 98 valence electrons. The van der Waals surface area contributed by atoms with Gasteiger partial charge in [-0.3, -0.25) is 9.69 Å². The highest BCUT2D eigenvalue weighted by molar-refractivity contribution is 7.14. The van der Waals surface area contributed by atoms with Crippen LogP contribution in [-0.2, 0) is 19.5 Å². The number of thiophene rings is 1. The van der Waals surface area contributed by atoms with E-state index in [9.17, 15) is 4.79 Å². The van der Waals surface area contributed by atoms with E-state index in [0.29, 0.717) is 6.54 Å². The van der Waals surface area contributed by atoms with Gasteiger partial charge in [-0.2, -0.15) is 0 Å². The van der Waals surface area contributed by atoms with Crippen LogP contribution < -0.4 is 0 Å². The Balaban J connectivity index is 1.66. The Labute approximate surface area is 117 Å². The maximum Gasteiger partial charge on any atom is 0.186 e. The summed E-state index contributed by atoms with van der Waals surface area (Å²) in [6.45, 7) is 4.44. The Morgan fingerprint density at radius 3 is 2.42 bits per heavy atom. The van der Waals surface area contributed by atoms with Crippen molar-refractivity contribution >= 4 is 17.1 Å². The van der Waals surface area contributed by atoms with Gasteiger partial charge < -0.3 is 0 Å². The Kier molecular flexibility index (Phi) is 3.49. The Hall–Kier alpha value is -1.45. The number of fused-ring (bicyclic) bond motifs is 1. The molecule has 2 heterocycles. The summed E-state index contributed by atoms with van der Waals surface area (Å²) in [5.74, 6) is 0.248. The Morgan fingerprint density at radius 2 is 1.84 bits per heavy atom. The molecule has 1 aliphatic heterocycles. The van der Waals surface area contributed by atoms with Gasteiger partial charge in [-0.1, -0.05) is 31.2 Å². The number of aryl methyl sites for hydroxylation is 1.